The molecule has 1 unspecified atom stereocenters. The number of hydrogen-bond acceptors (Lipinski definition) is 6. The van der Waals surface area contributed by atoms with Crippen LogP contribution in [-0.4, -0.2) is 57.7 Å². The van der Waals surface area contributed by atoms with Crippen LogP contribution in [0.1, 0.15) is 45.1 Å². The van der Waals surface area contributed by atoms with Crippen LogP contribution in [0, 0.1) is 0 Å². The number of carbonyl (C=O) groups excluding carboxylic acids is 2. The quantitative estimate of drug-likeness (QED) is 0.0914. The van der Waals surface area contributed by atoms with E-state index in [0.717, 1.165) is 17.5 Å². The minimum absolute atomic E-state index is 0.288. The van der Waals surface area contributed by atoms with E-state index in [1.54, 1.807) is 25.3 Å². The lowest BCUT2D eigenvalue weighted by Crippen LogP contribution is -2.21. The molecule has 0 saturated carbocycles. The van der Waals surface area contributed by atoms with Crippen LogP contribution in [0.25, 0.3) is 0 Å². The van der Waals surface area contributed by atoms with Gasteiger partial charge in [0.05, 0.1) is 23.3 Å². The molecule has 6 nitrogen and oxygen atoms in total. The van der Waals surface area contributed by atoms with E-state index in [-0.39, 0.29) is 18.5 Å². The SMILES string of the molecule is C=C/C=C(\C=C(/COC)OCCCOC(C)=O)N(C)CCC(C=O)c1ccc(Cl)c(Cl)c1.CC. The molecular weight excluding hydrogens is 477 g/mol. The fraction of sp³-hybridized carbons (Fsp3) is 0.462. The summed E-state index contributed by atoms with van der Waals surface area (Å²) < 4.78 is 15.9. The molecule has 0 heterocycles. The summed E-state index contributed by atoms with van der Waals surface area (Å²) in [4.78, 5) is 24.5. The van der Waals surface area contributed by atoms with Crippen LogP contribution < -0.4 is 0 Å². The molecule has 0 radical (unpaired) electrons. The van der Waals surface area contributed by atoms with Crippen LogP contribution in [0.5, 0.6) is 0 Å². The summed E-state index contributed by atoms with van der Waals surface area (Å²) in [6.45, 7) is 10.7. The maximum Gasteiger partial charge on any atom is 0.302 e. The Labute approximate surface area is 214 Å². The van der Waals surface area contributed by atoms with Gasteiger partial charge in [0, 0.05) is 51.7 Å². The molecule has 0 saturated heterocycles. The first kappa shape index (κ1) is 31.7. The molecule has 0 fully saturated rings. The molecule has 0 aromatic heterocycles. The normalized spacial score (nSPS) is 12.2. The van der Waals surface area contributed by atoms with E-state index in [9.17, 15) is 9.59 Å². The molecule has 0 aliphatic heterocycles. The third kappa shape index (κ3) is 12.8. The van der Waals surface area contributed by atoms with E-state index in [2.05, 4.69) is 6.58 Å². The number of esters is 1. The minimum Gasteiger partial charge on any atom is -0.495 e. The van der Waals surface area contributed by atoms with Crippen LogP contribution >= 0.6 is 23.2 Å². The average molecular weight is 514 g/mol. The maximum atomic E-state index is 11.7. The first-order chi connectivity index (χ1) is 16.3. The Bertz CT molecular complexity index is 823. The Hall–Kier alpha value is -2.28. The van der Waals surface area contributed by atoms with Crippen molar-refractivity contribution in [3.8, 4) is 0 Å². The van der Waals surface area contributed by atoms with Crippen molar-refractivity contribution in [3.05, 3.63) is 70.1 Å². The van der Waals surface area contributed by atoms with Crippen molar-refractivity contribution in [3.63, 3.8) is 0 Å². The first-order valence-electron chi connectivity index (χ1n) is 11.2. The highest BCUT2D eigenvalue weighted by Crippen LogP contribution is 2.27. The van der Waals surface area contributed by atoms with Gasteiger partial charge in [-0.1, -0.05) is 55.8 Å². The summed E-state index contributed by atoms with van der Waals surface area (Å²) >= 11 is 12.1. The van der Waals surface area contributed by atoms with Gasteiger partial charge in [0.2, 0.25) is 0 Å². The van der Waals surface area contributed by atoms with Crippen molar-refractivity contribution < 1.29 is 23.8 Å². The van der Waals surface area contributed by atoms with E-state index in [0.29, 0.717) is 48.4 Å². The molecule has 0 bridgehead atoms. The van der Waals surface area contributed by atoms with Crippen LogP contribution in [0.2, 0.25) is 10.0 Å². The van der Waals surface area contributed by atoms with Crippen molar-refractivity contribution in [1.82, 2.24) is 4.90 Å². The van der Waals surface area contributed by atoms with E-state index in [1.165, 1.54) is 6.92 Å². The number of allylic oxidation sites excluding steroid dienone is 3. The predicted molar refractivity (Wildman–Crippen MR) is 139 cm³/mol. The zero-order chi connectivity index (χ0) is 25.9. The van der Waals surface area contributed by atoms with Gasteiger partial charge in [-0.2, -0.15) is 0 Å². The molecule has 190 valence electrons. The number of carbonyl (C=O) groups is 2. The molecule has 1 rings (SSSR count). The Morgan fingerprint density at radius 2 is 1.85 bits per heavy atom. The van der Waals surface area contributed by atoms with Gasteiger partial charge in [-0.05, 0) is 30.2 Å². The van der Waals surface area contributed by atoms with Crippen LogP contribution in [-0.2, 0) is 23.8 Å². The molecule has 1 atom stereocenters. The lowest BCUT2D eigenvalue weighted by Gasteiger charge is -2.23. The first-order valence-corrected chi connectivity index (χ1v) is 12.0. The number of ether oxygens (including phenoxy) is 3. The average Bonchev–Trinajstić information content (AvgIpc) is 2.82. The van der Waals surface area contributed by atoms with Gasteiger partial charge in [0.1, 0.15) is 18.7 Å². The van der Waals surface area contributed by atoms with Crippen LogP contribution in [0.4, 0.5) is 0 Å². The highest BCUT2D eigenvalue weighted by Gasteiger charge is 2.14. The fourth-order valence-corrected chi connectivity index (χ4v) is 3.14. The summed E-state index contributed by atoms with van der Waals surface area (Å²) in [5.41, 5.74) is 1.68. The van der Waals surface area contributed by atoms with E-state index >= 15 is 0 Å². The number of aldehydes is 1. The molecule has 1 aromatic carbocycles. The zero-order valence-corrected chi connectivity index (χ0v) is 22.3. The van der Waals surface area contributed by atoms with Gasteiger partial charge < -0.3 is 23.9 Å². The predicted octanol–water partition coefficient (Wildman–Crippen LogP) is 6.19. The second kappa shape index (κ2) is 19.1. The highest BCUT2D eigenvalue weighted by atomic mass is 35.5. The number of methoxy groups -OCH3 is 1. The summed E-state index contributed by atoms with van der Waals surface area (Å²) in [7, 11) is 3.51. The topological polar surface area (TPSA) is 65.1 Å². The van der Waals surface area contributed by atoms with Gasteiger partial charge >= 0.3 is 5.97 Å². The van der Waals surface area contributed by atoms with Crippen LogP contribution in [0.15, 0.2) is 54.5 Å². The Morgan fingerprint density at radius 1 is 1.18 bits per heavy atom. The molecule has 8 heteroatoms. The third-order valence-electron chi connectivity index (χ3n) is 4.52. The Balaban J connectivity index is 0.00000529. The second-order valence-corrected chi connectivity index (χ2v) is 7.85. The number of benzene rings is 1. The number of likely N-dealkylation sites (N-methyl/N-ethyl adjacent to an activating group) is 1. The number of hydrogen-bond donors (Lipinski definition) is 0. The highest BCUT2D eigenvalue weighted by molar-refractivity contribution is 6.42. The molecule has 0 aliphatic rings. The molecule has 0 aliphatic carbocycles. The van der Waals surface area contributed by atoms with Gasteiger partial charge in [0.25, 0.3) is 0 Å². The molecular formula is C26H37Cl2NO5. The van der Waals surface area contributed by atoms with Crippen molar-refractivity contribution >= 4 is 35.5 Å². The molecule has 34 heavy (non-hydrogen) atoms. The minimum atomic E-state index is -0.315. The van der Waals surface area contributed by atoms with Gasteiger partial charge in [0.15, 0.2) is 0 Å². The lowest BCUT2D eigenvalue weighted by atomic mass is 9.97. The summed E-state index contributed by atoms with van der Waals surface area (Å²) in [6, 6.07) is 5.23. The van der Waals surface area contributed by atoms with Crippen molar-refractivity contribution in [2.45, 2.75) is 39.5 Å². The van der Waals surface area contributed by atoms with Crippen molar-refractivity contribution in [2.75, 3.05) is 40.5 Å². The third-order valence-corrected chi connectivity index (χ3v) is 5.26. The standard InChI is InChI=1S/C24H31Cl2NO5.C2H6/c1-5-7-21(15-22(17-30-4)32-13-6-12-31-18(2)29)27(3)11-10-20(16-28)19-8-9-23(25)24(26)14-19;1-2/h5,7-9,14-16,20H,1,6,10-13,17H2,2-4H3;1-2H3/b21-7+,22-15+;. The fourth-order valence-electron chi connectivity index (χ4n) is 2.83. The summed E-state index contributed by atoms with van der Waals surface area (Å²) in [5, 5.41) is 0.881. The van der Waals surface area contributed by atoms with E-state index in [4.69, 9.17) is 37.4 Å². The van der Waals surface area contributed by atoms with Crippen molar-refractivity contribution in [2.24, 2.45) is 0 Å². The van der Waals surface area contributed by atoms with E-state index < -0.39 is 0 Å². The summed E-state index contributed by atoms with van der Waals surface area (Å²) in [5.74, 6) is 0.00817. The van der Waals surface area contributed by atoms with Gasteiger partial charge in [-0.15, -0.1) is 0 Å². The van der Waals surface area contributed by atoms with Crippen LogP contribution in [0.3, 0.4) is 0 Å². The molecule has 1 aromatic rings. The maximum absolute atomic E-state index is 11.7. The van der Waals surface area contributed by atoms with Crippen molar-refractivity contribution in [1.29, 1.82) is 0 Å². The smallest absolute Gasteiger partial charge is 0.302 e. The largest absolute Gasteiger partial charge is 0.495 e. The Morgan fingerprint density at radius 3 is 2.41 bits per heavy atom. The number of halogens is 2. The molecule has 0 N–H and O–H groups in total. The molecule has 0 spiro atoms. The zero-order valence-electron chi connectivity index (χ0n) is 20.8. The van der Waals surface area contributed by atoms with E-state index in [1.807, 2.05) is 44.0 Å². The molecule has 0 amide bonds. The summed E-state index contributed by atoms with van der Waals surface area (Å²) in [6.07, 6.45) is 7.48. The van der Waals surface area contributed by atoms with Gasteiger partial charge in [-0.3, -0.25) is 4.79 Å². The van der Waals surface area contributed by atoms with Gasteiger partial charge in [-0.25, -0.2) is 0 Å². The number of rotatable bonds is 15. The Kier molecular flexibility index (Phi) is 17.8. The monoisotopic (exact) mass is 513 g/mol. The second-order valence-electron chi connectivity index (χ2n) is 7.04. The number of nitrogens with zero attached hydrogens (tertiary/aromatic N) is 1. The lowest BCUT2D eigenvalue weighted by molar-refractivity contribution is -0.141.